The van der Waals surface area contributed by atoms with E-state index in [0.29, 0.717) is 25.6 Å². The van der Waals surface area contributed by atoms with Crippen molar-refractivity contribution in [1.82, 2.24) is 4.90 Å². The number of hydrogen-bond acceptors (Lipinski definition) is 5. The van der Waals surface area contributed by atoms with Gasteiger partial charge in [0.05, 0.1) is 12.6 Å². The minimum atomic E-state index is -0.610. The molecule has 0 heterocycles. The van der Waals surface area contributed by atoms with E-state index >= 15 is 0 Å². The Morgan fingerprint density at radius 2 is 1.59 bits per heavy atom. The number of benzene rings is 4. The molecule has 0 radical (unpaired) electrons. The Kier molecular flexibility index (Phi) is 11.7. The summed E-state index contributed by atoms with van der Waals surface area (Å²) in [4.78, 5) is 14.6. The molecule has 3 unspecified atom stereocenters. The number of esters is 1. The van der Waals surface area contributed by atoms with E-state index in [2.05, 4.69) is 92.5 Å². The van der Waals surface area contributed by atoms with Gasteiger partial charge in [-0.3, -0.25) is 4.90 Å². The predicted octanol–water partition coefficient (Wildman–Crippen LogP) is 8.11. The monoisotopic (exact) mass is 619 g/mol. The lowest BCUT2D eigenvalue weighted by Gasteiger charge is -2.31. The molecule has 4 aromatic rings. The van der Waals surface area contributed by atoms with E-state index in [-0.39, 0.29) is 12.0 Å². The highest BCUT2D eigenvalue weighted by Gasteiger charge is 2.28. The summed E-state index contributed by atoms with van der Waals surface area (Å²) in [6, 6.07) is 33.2. The maximum absolute atomic E-state index is 12.1. The van der Waals surface area contributed by atoms with E-state index in [9.17, 15) is 4.79 Å². The van der Waals surface area contributed by atoms with Crippen molar-refractivity contribution in [3.63, 3.8) is 0 Å². The smallest absolute Gasteiger partial charge is 0.335 e. The van der Waals surface area contributed by atoms with Gasteiger partial charge < -0.3 is 14.2 Å². The number of methoxy groups -OCH3 is 1. The van der Waals surface area contributed by atoms with Crippen LogP contribution >= 0.6 is 0 Å². The number of carbonyl (C=O) groups excluding carboxylic acids is 1. The van der Waals surface area contributed by atoms with Gasteiger partial charge in [0, 0.05) is 26.0 Å². The van der Waals surface area contributed by atoms with Crippen LogP contribution in [0.1, 0.15) is 83.7 Å². The quantitative estimate of drug-likeness (QED) is 0.134. The average Bonchev–Trinajstić information content (AvgIpc) is 3.24. The highest BCUT2D eigenvalue weighted by atomic mass is 16.6. The second-order valence-electron chi connectivity index (χ2n) is 12.4. The van der Waals surface area contributed by atoms with Crippen LogP contribution in [-0.2, 0) is 40.0 Å². The van der Waals surface area contributed by atoms with Gasteiger partial charge in [0.25, 0.3) is 0 Å². The number of aryl methyl sites for hydroxylation is 3. The minimum absolute atomic E-state index is 0.158. The molecule has 5 heteroatoms. The van der Waals surface area contributed by atoms with E-state index in [4.69, 9.17) is 14.2 Å². The third-order valence-corrected chi connectivity index (χ3v) is 9.30. The van der Waals surface area contributed by atoms with Crippen LogP contribution < -0.4 is 4.74 Å². The van der Waals surface area contributed by atoms with E-state index in [0.717, 1.165) is 43.5 Å². The summed E-state index contributed by atoms with van der Waals surface area (Å²) in [7, 11) is 3.76. The highest BCUT2D eigenvalue weighted by molar-refractivity contribution is 5.75. The van der Waals surface area contributed by atoms with Crippen molar-refractivity contribution in [3.05, 3.63) is 136 Å². The summed E-state index contributed by atoms with van der Waals surface area (Å²) >= 11 is 0. The van der Waals surface area contributed by atoms with E-state index in [1.54, 1.807) is 6.92 Å². The van der Waals surface area contributed by atoms with Crippen molar-refractivity contribution in [2.45, 2.75) is 70.9 Å². The van der Waals surface area contributed by atoms with Crippen LogP contribution in [-0.4, -0.2) is 50.9 Å². The molecular formula is C41H49NO4. The van der Waals surface area contributed by atoms with Crippen molar-refractivity contribution in [1.29, 1.82) is 0 Å². The molecule has 0 fully saturated rings. The number of ether oxygens (including phenoxy) is 3. The summed E-state index contributed by atoms with van der Waals surface area (Å²) in [5.74, 6) is 0.822. The summed E-state index contributed by atoms with van der Waals surface area (Å²) in [6.07, 6.45) is 4.17. The van der Waals surface area contributed by atoms with Crippen molar-refractivity contribution in [3.8, 4) is 5.75 Å². The molecule has 0 saturated heterocycles. The zero-order valence-electron chi connectivity index (χ0n) is 28.1. The van der Waals surface area contributed by atoms with Crippen molar-refractivity contribution in [2.75, 3.05) is 33.9 Å². The molecule has 1 aliphatic carbocycles. The molecule has 0 N–H and O–H groups in total. The summed E-state index contributed by atoms with van der Waals surface area (Å²) < 4.78 is 16.7. The molecule has 0 spiro atoms. The van der Waals surface area contributed by atoms with Gasteiger partial charge >= 0.3 is 5.97 Å². The number of carbonyl (C=O) groups is 1. The second kappa shape index (κ2) is 16.1. The SMILES string of the molecule is CCCc1ccc2c(c1)C(N(C)CCOc1ccc(CC(OC)C(=O)OCC)cc1)c1ccc(C(C)c3ccccc3)cc1CC2. The van der Waals surface area contributed by atoms with Gasteiger partial charge in [-0.2, -0.15) is 0 Å². The van der Waals surface area contributed by atoms with Crippen LogP contribution in [0, 0.1) is 0 Å². The molecule has 3 atom stereocenters. The van der Waals surface area contributed by atoms with Gasteiger partial charge in [-0.05, 0) is 89.9 Å². The lowest BCUT2D eigenvalue weighted by molar-refractivity contribution is -0.154. The van der Waals surface area contributed by atoms with E-state index in [1.807, 2.05) is 24.3 Å². The van der Waals surface area contributed by atoms with Gasteiger partial charge in [-0.15, -0.1) is 0 Å². The maximum atomic E-state index is 12.1. The Hall–Kier alpha value is -3.93. The van der Waals surface area contributed by atoms with Crippen LogP contribution in [0.3, 0.4) is 0 Å². The molecule has 5 rings (SSSR count). The van der Waals surface area contributed by atoms with Crippen LogP contribution in [0.15, 0.2) is 91.0 Å². The van der Waals surface area contributed by atoms with Gasteiger partial charge in [-0.25, -0.2) is 4.79 Å². The summed E-state index contributed by atoms with van der Waals surface area (Å²) in [5.41, 5.74) is 10.8. The second-order valence-corrected chi connectivity index (χ2v) is 12.4. The van der Waals surface area contributed by atoms with E-state index < -0.39 is 6.10 Å². The summed E-state index contributed by atoms with van der Waals surface area (Å²) in [5, 5.41) is 0. The normalized spacial score (nSPS) is 15.4. The topological polar surface area (TPSA) is 48.0 Å². The lowest BCUT2D eigenvalue weighted by Crippen LogP contribution is -2.30. The molecule has 0 saturated carbocycles. The zero-order valence-corrected chi connectivity index (χ0v) is 28.1. The van der Waals surface area contributed by atoms with Crippen LogP contribution in [0.4, 0.5) is 0 Å². The first-order valence-electron chi connectivity index (χ1n) is 16.8. The Bertz CT molecular complexity index is 1570. The number of hydrogen-bond donors (Lipinski definition) is 0. The first-order chi connectivity index (χ1) is 22.4. The maximum Gasteiger partial charge on any atom is 0.335 e. The Morgan fingerprint density at radius 3 is 2.30 bits per heavy atom. The number of rotatable bonds is 14. The first kappa shape index (κ1) is 33.4. The number of nitrogens with zero attached hydrogens (tertiary/aromatic N) is 1. The van der Waals surface area contributed by atoms with Gasteiger partial charge in [0.15, 0.2) is 6.10 Å². The average molecular weight is 620 g/mol. The van der Waals surface area contributed by atoms with Gasteiger partial charge in [-0.1, -0.05) is 99.1 Å². The molecule has 0 bridgehead atoms. The minimum Gasteiger partial charge on any atom is -0.492 e. The number of likely N-dealkylation sites (N-methyl/N-ethyl adjacent to an activating group) is 1. The summed E-state index contributed by atoms with van der Waals surface area (Å²) in [6.45, 7) is 8.04. The van der Waals surface area contributed by atoms with Crippen molar-refractivity contribution < 1.29 is 19.0 Å². The third-order valence-electron chi connectivity index (χ3n) is 9.30. The van der Waals surface area contributed by atoms with Gasteiger partial charge in [0.2, 0.25) is 0 Å². The fourth-order valence-electron chi connectivity index (χ4n) is 6.67. The third kappa shape index (κ3) is 8.07. The van der Waals surface area contributed by atoms with Crippen molar-refractivity contribution >= 4 is 5.97 Å². The first-order valence-corrected chi connectivity index (χ1v) is 16.8. The zero-order chi connectivity index (χ0) is 32.5. The predicted molar refractivity (Wildman–Crippen MR) is 186 cm³/mol. The standard InChI is InChI=1S/C41H49NO4/c1-6-11-30-14-17-33-18-19-35-28-34(29(3)32-12-9-8-10-13-32)20-23-37(35)40(38(33)26-30)42(4)24-25-46-36-21-15-31(16-22-36)27-39(44-5)41(43)45-7-2/h8-10,12-17,20-23,26,28-29,39-40H,6-7,11,18-19,24-25,27H2,1-5H3. The Morgan fingerprint density at radius 1 is 0.848 bits per heavy atom. The molecule has 1 aliphatic rings. The van der Waals surface area contributed by atoms with E-state index in [1.165, 1.54) is 46.1 Å². The fraction of sp³-hybridized carbons (Fsp3) is 0.390. The molecule has 0 aliphatic heterocycles. The molecule has 0 amide bonds. The Labute approximate surface area is 275 Å². The fourth-order valence-corrected chi connectivity index (χ4v) is 6.67. The largest absolute Gasteiger partial charge is 0.492 e. The highest BCUT2D eigenvalue weighted by Crippen LogP contribution is 2.38. The number of fused-ring (bicyclic) bond motifs is 2. The van der Waals surface area contributed by atoms with Crippen LogP contribution in [0.25, 0.3) is 0 Å². The lowest BCUT2D eigenvalue weighted by atomic mass is 9.87. The van der Waals surface area contributed by atoms with Crippen molar-refractivity contribution in [2.24, 2.45) is 0 Å². The Balaban J connectivity index is 1.33. The molecule has 242 valence electrons. The molecule has 5 nitrogen and oxygen atoms in total. The van der Waals surface area contributed by atoms with Gasteiger partial charge in [0.1, 0.15) is 12.4 Å². The van der Waals surface area contributed by atoms with Crippen LogP contribution in [0.5, 0.6) is 5.75 Å². The molecule has 46 heavy (non-hydrogen) atoms. The molecule has 0 aromatic heterocycles. The molecular weight excluding hydrogens is 570 g/mol. The van der Waals surface area contributed by atoms with Crippen LogP contribution in [0.2, 0.25) is 0 Å². The molecule has 4 aromatic carbocycles.